The van der Waals surface area contributed by atoms with Gasteiger partial charge >= 0.3 is 0 Å². The zero-order chi connectivity index (χ0) is 19.3. The van der Waals surface area contributed by atoms with Gasteiger partial charge in [-0.25, -0.2) is 4.98 Å². The molecule has 1 aliphatic rings. The molecule has 144 valence electrons. The Kier molecular flexibility index (Phi) is 5.42. The molecule has 1 fully saturated rings. The number of para-hydroxylation sites is 1. The number of imidazole rings is 1. The quantitative estimate of drug-likeness (QED) is 0.674. The molecule has 28 heavy (non-hydrogen) atoms. The second kappa shape index (κ2) is 8.30. The van der Waals surface area contributed by atoms with Crippen molar-refractivity contribution in [2.24, 2.45) is 5.92 Å². The second-order valence-electron chi connectivity index (χ2n) is 7.30. The molecule has 5 heteroatoms. The second-order valence-corrected chi connectivity index (χ2v) is 7.30. The van der Waals surface area contributed by atoms with Gasteiger partial charge in [0.15, 0.2) is 0 Å². The summed E-state index contributed by atoms with van der Waals surface area (Å²) >= 11 is 0. The lowest BCUT2D eigenvalue weighted by molar-refractivity contribution is 0.0662. The Morgan fingerprint density at radius 3 is 2.93 bits per heavy atom. The number of benzene rings is 2. The van der Waals surface area contributed by atoms with E-state index in [1.54, 1.807) is 13.3 Å². The van der Waals surface area contributed by atoms with Crippen LogP contribution in [0.1, 0.15) is 23.2 Å². The zero-order valence-corrected chi connectivity index (χ0v) is 16.1. The highest BCUT2D eigenvalue weighted by Crippen LogP contribution is 2.30. The number of methoxy groups -OCH3 is 1. The molecule has 1 aliphatic heterocycles. The molecule has 0 spiro atoms. The fraction of sp³-hybridized carbons (Fsp3) is 0.304. The van der Waals surface area contributed by atoms with Gasteiger partial charge in [-0.1, -0.05) is 30.3 Å². The third kappa shape index (κ3) is 3.93. The Balaban J connectivity index is 1.51. The molecule has 0 saturated carbocycles. The van der Waals surface area contributed by atoms with Gasteiger partial charge in [0.2, 0.25) is 0 Å². The number of piperidine rings is 1. The van der Waals surface area contributed by atoms with E-state index in [0.717, 1.165) is 54.9 Å². The van der Waals surface area contributed by atoms with Crippen molar-refractivity contribution in [1.29, 1.82) is 0 Å². The number of likely N-dealkylation sites (tertiary alicyclic amines) is 1. The van der Waals surface area contributed by atoms with Crippen LogP contribution >= 0.6 is 0 Å². The number of amides is 1. The molecule has 0 unspecified atom stereocenters. The Bertz CT molecular complexity index is 937. The maximum Gasteiger partial charge on any atom is 0.253 e. The van der Waals surface area contributed by atoms with E-state index in [4.69, 9.17) is 4.74 Å². The number of aromatic nitrogens is 2. The normalized spacial score (nSPS) is 16.8. The summed E-state index contributed by atoms with van der Waals surface area (Å²) < 4.78 is 7.58. The van der Waals surface area contributed by atoms with E-state index < -0.39 is 0 Å². The summed E-state index contributed by atoms with van der Waals surface area (Å²) in [5.41, 5.74) is 2.72. The Morgan fingerprint density at radius 2 is 2.11 bits per heavy atom. The van der Waals surface area contributed by atoms with E-state index in [1.807, 2.05) is 66.0 Å². The minimum Gasteiger partial charge on any atom is -0.496 e. The van der Waals surface area contributed by atoms with Gasteiger partial charge in [-0.15, -0.1) is 0 Å². The molecule has 1 aromatic heterocycles. The summed E-state index contributed by atoms with van der Waals surface area (Å²) in [5, 5.41) is 0. The number of hydrogen-bond acceptors (Lipinski definition) is 3. The van der Waals surface area contributed by atoms with Gasteiger partial charge in [-0.2, -0.15) is 0 Å². The van der Waals surface area contributed by atoms with Crippen LogP contribution in [0.5, 0.6) is 5.75 Å². The van der Waals surface area contributed by atoms with Crippen molar-refractivity contribution in [2.45, 2.75) is 19.4 Å². The third-order valence-electron chi connectivity index (χ3n) is 5.36. The Hall–Kier alpha value is -3.08. The molecular formula is C23H25N3O2. The number of rotatable bonds is 5. The molecule has 3 aromatic rings. The summed E-state index contributed by atoms with van der Waals surface area (Å²) in [7, 11) is 1.67. The molecule has 0 N–H and O–H groups in total. The van der Waals surface area contributed by atoms with Crippen molar-refractivity contribution in [2.75, 3.05) is 20.2 Å². The molecule has 2 heterocycles. The lowest BCUT2D eigenvalue weighted by atomic mass is 9.96. The molecule has 0 bridgehead atoms. The number of hydrogen-bond donors (Lipinski definition) is 0. The lowest BCUT2D eigenvalue weighted by Crippen LogP contribution is -2.41. The predicted octanol–water partition coefficient (Wildman–Crippen LogP) is 4.11. The molecule has 1 saturated heterocycles. The summed E-state index contributed by atoms with van der Waals surface area (Å²) in [4.78, 5) is 19.3. The Morgan fingerprint density at radius 1 is 1.21 bits per heavy atom. The number of ether oxygens (including phenoxy) is 1. The minimum absolute atomic E-state index is 0.104. The highest BCUT2D eigenvalue weighted by molar-refractivity contribution is 5.95. The van der Waals surface area contributed by atoms with Crippen molar-refractivity contribution in [3.05, 3.63) is 72.8 Å². The van der Waals surface area contributed by atoms with Gasteiger partial charge in [-0.3, -0.25) is 4.79 Å². The summed E-state index contributed by atoms with van der Waals surface area (Å²) in [5.74, 6) is 1.38. The molecule has 4 rings (SSSR count). The van der Waals surface area contributed by atoms with Crippen LogP contribution in [0.4, 0.5) is 0 Å². The molecular weight excluding hydrogens is 350 g/mol. The van der Waals surface area contributed by atoms with Gasteiger partial charge in [0.05, 0.1) is 13.4 Å². The summed E-state index contributed by atoms with van der Waals surface area (Å²) in [6, 6.07) is 15.7. The molecule has 1 amide bonds. The predicted molar refractivity (Wildman–Crippen MR) is 109 cm³/mol. The van der Waals surface area contributed by atoms with E-state index in [2.05, 4.69) is 9.55 Å². The average Bonchev–Trinajstić information content (AvgIpc) is 3.26. The van der Waals surface area contributed by atoms with Gasteiger partial charge in [-0.05, 0) is 42.5 Å². The van der Waals surface area contributed by atoms with Crippen LogP contribution in [0.15, 0.2) is 67.3 Å². The monoisotopic (exact) mass is 375 g/mol. The largest absolute Gasteiger partial charge is 0.496 e. The highest BCUT2D eigenvalue weighted by atomic mass is 16.5. The lowest BCUT2D eigenvalue weighted by Gasteiger charge is -2.33. The van der Waals surface area contributed by atoms with E-state index in [1.165, 1.54) is 0 Å². The van der Waals surface area contributed by atoms with E-state index in [0.29, 0.717) is 5.92 Å². The van der Waals surface area contributed by atoms with E-state index >= 15 is 0 Å². The van der Waals surface area contributed by atoms with Crippen LogP contribution < -0.4 is 4.74 Å². The fourth-order valence-electron chi connectivity index (χ4n) is 3.98. The van der Waals surface area contributed by atoms with Gasteiger partial charge in [0.25, 0.3) is 5.91 Å². The number of nitrogens with zero attached hydrogens (tertiary/aromatic N) is 3. The Labute approximate surface area is 165 Å². The SMILES string of the molecule is COc1ccccc1-c1cccc(C(=O)N2CCC[C@H](Cn3ccnc3)C2)c1. The maximum absolute atomic E-state index is 13.2. The number of carbonyl (C=O) groups excluding carboxylic acids is 1. The van der Waals surface area contributed by atoms with E-state index in [9.17, 15) is 4.79 Å². The topological polar surface area (TPSA) is 47.4 Å². The first kappa shape index (κ1) is 18.3. The maximum atomic E-state index is 13.2. The first-order chi connectivity index (χ1) is 13.7. The summed E-state index contributed by atoms with van der Waals surface area (Å²) in [6.07, 6.45) is 7.81. The zero-order valence-electron chi connectivity index (χ0n) is 16.1. The highest BCUT2D eigenvalue weighted by Gasteiger charge is 2.25. The standard InChI is InChI=1S/C23H25N3O2/c1-28-22-10-3-2-9-21(22)19-7-4-8-20(14-19)23(27)26-12-5-6-18(16-26)15-25-13-11-24-17-25/h2-4,7-11,13-14,17-18H,5-6,12,15-16H2,1H3/t18-/m1/s1. The molecule has 2 aromatic carbocycles. The van der Waals surface area contributed by atoms with Crippen LogP contribution in [-0.2, 0) is 6.54 Å². The van der Waals surface area contributed by atoms with Crippen LogP contribution in [0.3, 0.4) is 0 Å². The van der Waals surface area contributed by atoms with Crippen LogP contribution in [0, 0.1) is 5.92 Å². The van der Waals surface area contributed by atoms with Gasteiger partial charge in [0, 0.05) is 43.2 Å². The first-order valence-electron chi connectivity index (χ1n) is 9.73. The average molecular weight is 375 g/mol. The molecule has 0 aliphatic carbocycles. The molecule has 5 nitrogen and oxygen atoms in total. The van der Waals surface area contributed by atoms with Crippen molar-refractivity contribution >= 4 is 5.91 Å². The van der Waals surface area contributed by atoms with Crippen molar-refractivity contribution < 1.29 is 9.53 Å². The van der Waals surface area contributed by atoms with E-state index in [-0.39, 0.29) is 5.91 Å². The van der Waals surface area contributed by atoms with Crippen molar-refractivity contribution in [3.8, 4) is 16.9 Å². The molecule has 0 radical (unpaired) electrons. The first-order valence-corrected chi connectivity index (χ1v) is 9.73. The van der Waals surface area contributed by atoms with Crippen LogP contribution in [-0.4, -0.2) is 40.6 Å². The summed E-state index contributed by atoms with van der Waals surface area (Å²) in [6.45, 7) is 2.51. The van der Waals surface area contributed by atoms with Crippen LogP contribution in [0.2, 0.25) is 0 Å². The van der Waals surface area contributed by atoms with Gasteiger partial charge in [0.1, 0.15) is 5.75 Å². The third-order valence-corrected chi connectivity index (χ3v) is 5.36. The minimum atomic E-state index is 0.104. The van der Waals surface area contributed by atoms with Crippen molar-refractivity contribution in [3.63, 3.8) is 0 Å². The van der Waals surface area contributed by atoms with Crippen molar-refractivity contribution in [1.82, 2.24) is 14.5 Å². The molecule has 1 atom stereocenters. The smallest absolute Gasteiger partial charge is 0.253 e. The number of carbonyl (C=O) groups is 1. The fourth-order valence-corrected chi connectivity index (χ4v) is 3.98. The van der Waals surface area contributed by atoms with Crippen LogP contribution in [0.25, 0.3) is 11.1 Å². The van der Waals surface area contributed by atoms with Gasteiger partial charge < -0.3 is 14.2 Å².